The number of fused-ring (bicyclic) bond motifs is 1. The van der Waals surface area contributed by atoms with Crippen LogP contribution in [0.25, 0.3) is 11.1 Å². The molecular weight excluding hydrogens is 519 g/mol. The number of nitrogens with one attached hydrogen (secondary N) is 1. The van der Waals surface area contributed by atoms with Gasteiger partial charge in [0.1, 0.15) is 29.4 Å². The molecule has 12 heteroatoms. The third-order valence-electron chi connectivity index (χ3n) is 6.06. The van der Waals surface area contributed by atoms with Crippen LogP contribution in [0.1, 0.15) is 16.7 Å². The van der Waals surface area contributed by atoms with Gasteiger partial charge in [-0.25, -0.2) is 14.6 Å². The normalized spacial score (nSPS) is 12.8. The van der Waals surface area contributed by atoms with Crippen LogP contribution in [0.4, 0.5) is 30.5 Å². The molecule has 0 bridgehead atoms. The van der Waals surface area contributed by atoms with Gasteiger partial charge < -0.3 is 10.2 Å². The van der Waals surface area contributed by atoms with Gasteiger partial charge in [0.25, 0.3) is 0 Å². The number of alkyl halides is 3. The molecule has 0 spiro atoms. The number of anilines is 3. The van der Waals surface area contributed by atoms with Gasteiger partial charge in [0.15, 0.2) is 0 Å². The molecule has 0 saturated carbocycles. The molecule has 4 heterocycles. The summed E-state index contributed by atoms with van der Waals surface area (Å²) in [6.45, 7) is -0.808. The second-order valence-corrected chi connectivity index (χ2v) is 8.97. The quantitative estimate of drug-likeness (QED) is 0.335. The molecule has 1 amide bonds. The van der Waals surface area contributed by atoms with Crippen molar-refractivity contribution in [3.63, 3.8) is 0 Å². The first-order valence-electron chi connectivity index (χ1n) is 11.5. The van der Waals surface area contributed by atoms with Crippen LogP contribution in [0.3, 0.4) is 0 Å². The molecule has 38 heavy (non-hydrogen) atoms. The Morgan fingerprint density at radius 2 is 1.95 bits per heavy atom. The number of carbonyl (C=O) groups excluding carboxylic acids is 1. The molecule has 8 nitrogen and oxygen atoms in total. The molecule has 0 radical (unpaired) electrons. The highest BCUT2D eigenvalue weighted by Gasteiger charge is 2.30. The van der Waals surface area contributed by atoms with Crippen LogP contribution in [0.2, 0.25) is 5.15 Å². The third kappa shape index (κ3) is 5.31. The molecule has 5 rings (SSSR count). The van der Waals surface area contributed by atoms with E-state index in [0.29, 0.717) is 41.2 Å². The lowest BCUT2D eigenvalue weighted by Crippen LogP contribution is -2.31. The number of benzene rings is 1. The van der Waals surface area contributed by atoms with E-state index in [4.69, 9.17) is 11.6 Å². The lowest BCUT2D eigenvalue weighted by Gasteiger charge is -2.19. The SMILES string of the molecule is N#Cc1cc(-c2ccnc(Nc3ccnn3CC(F)(F)F)c2)cc2c1N(C(=O)Cc1cccnc1Cl)CC2. The zero-order chi connectivity index (χ0) is 26.9. The predicted molar refractivity (Wildman–Crippen MR) is 135 cm³/mol. The Balaban J connectivity index is 1.41. The number of halogens is 4. The summed E-state index contributed by atoms with van der Waals surface area (Å²) in [5, 5.41) is 16.8. The molecule has 1 aromatic carbocycles. The zero-order valence-corrected chi connectivity index (χ0v) is 20.5. The number of hydrogen-bond acceptors (Lipinski definition) is 6. The van der Waals surface area contributed by atoms with Gasteiger partial charge in [-0.15, -0.1) is 0 Å². The highest BCUT2D eigenvalue weighted by atomic mass is 35.5. The third-order valence-corrected chi connectivity index (χ3v) is 6.40. The van der Waals surface area contributed by atoms with Gasteiger partial charge in [0.2, 0.25) is 5.91 Å². The summed E-state index contributed by atoms with van der Waals surface area (Å²) in [6.07, 6.45) is 0.547. The van der Waals surface area contributed by atoms with E-state index >= 15 is 0 Å². The monoisotopic (exact) mass is 537 g/mol. The maximum atomic E-state index is 13.1. The van der Waals surface area contributed by atoms with Crippen LogP contribution in [0.5, 0.6) is 0 Å². The van der Waals surface area contributed by atoms with Crippen LogP contribution in [-0.4, -0.2) is 38.4 Å². The topological polar surface area (TPSA) is 99.7 Å². The fraction of sp³-hybridized carbons (Fsp3) is 0.192. The molecule has 192 valence electrons. The van der Waals surface area contributed by atoms with E-state index in [9.17, 15) is 23.2 Å². The number of nitriles is 1. The Labute approximate surface area is 220 Å². The summed E-state index contributed by atoms with van der Waals surface area (Å²) in [5.74, 6) is 0.269. The maximum absolute atomic E-state index is 13.1. The average molecular weight is 538 g/mol. The smallest absolute Gasteiger partial charge is 0.325 e. The van der Waals surface area contributed by atoms with Crippen LogP contribution in [0.15, 0.2) is 61.1 Å². The van der Waals surface area contributed by atoms with Crippen molar-refractivity contribution in [3.8, 4) is 17.2 Å². The van der Waals surface area contributed by atoms with Crippen LogP contribution >= 0.6 is 11.6 Å². The molecule has 4 aromatic rings. The van der Waals surface area contributed by atoms with Crippen molar-refractivity contribution in [2.24, 2.45) is 0 Å². The summed E-state index contributed by atoms with van der Waals surface area (Å²) >= 11 is 6.12. The van der Waals surface area contributed by atoms with Crippen molar-refractivity contribution in [3.05, 3.63) is 82.9 Å². The van der Waals surface area contributed by atoms with Crippen molar-refractivity contribution < 1.29 is 18.0 Å². The number of nitrogens with zero attached hydrogens (tertiary/aromatic N) is 6. The summed E-state index contributed by atoms with van der Waals surface area (Å²) in [4.78, 5) is 22.9. The van der Waals surface area contributed by atoms with Gasteiger partial charge in [-0.05, 0) is 59.0 Å². The summed E-state index contributed by atoms with van der Waals surface area (Å²) in [5.41, 5.74) is 3.80. The standard InChI is InChI=1S/C26H19ClF3N7O/c27-25-18(2-1-6-33-25)13-23(38)36-9-5-17-10-19(11-20(14-31)24(17)36)16-3-7-32-21(12-16)35-22-4-8-34-37(22)15-26(28,29)30/h1-4,6-8,10-12H,5,9,13,15H2,(H,32,35). The molecule has 3 aromatic heterocycles. The fourth-order valence-corrected chi connectivity index (χ4v) is 4.59. The molecule has 0 atom stereocenters. The van der Waals surface area contributed by atoms with E-state index in [1.807, 2.05) is 6.07 Å². The van der Waals surface area contributed by atoms with E-state index in [1.54, 1.807) is 41.4 Å². The van der Waals surface area contributed by atoms with Gasteiger partial charge in [-0.1, -0.05) is 17.7 Å². The van der Waals surface area contributed by atoms with E-state index in [-0.39, 0.29) is 23.3 Å². The summed E-state index contributed by atoms with van der Waals surface area (Å²) in [6, 6.07) is 14.1. The molecule has 1 N–H and O–H groups in total. The number of hydrogen-bond donors (Lipinski definition) is 1. The minimum absolute atomic E-state index is 0.0586. The minimum atomic E-state index is -4.42. The van der Waals surface area contributed by atoms with Crippen molar-refractivity contribution >= 4 is 34.8 Å². The average Bonchev–Trinajstić information content (AvgIpc) is 3.51. The van der Waals surface area contributed by atoms with E-state index in [0.717, 1.165) is 15.8 Å². The number of pyridine rings is 2. The first-order chi connectivity index (χ1) is 18.2. The minimum Gasteiger partial charge on any atom is -0.325 e. The van der Waals surface area contributed by atoms with E-state index < -0.39 is 12.7 Å². The second kappa shape index (κ2) is 10.1. The molecule has 0 saturated heterocycles. The maximum Gasteiger partial charge on any atom is 0.408 e. The second-order valence-electron chi connectivity index (χ2n) is 8.61. The van der Waals surface area contributed by atoms with Crippen molar-refractivity contribution in [2.75, 3.05) is 16.8 Å². The van der Waals surface area contributed by atoms with Gasteiger partial charge in [-0.3, -0.25) is 4.79 Å². The Morgan fingerprint density at radius 3 is 2.71 bits per heavy atom. The zero-order valence-electron chi connectivity index (χ0n) is 19.7. The molecule has 0 fully saturated rings. The number of rotatable bonds is 6. The Morgan fingerprint density at radius 1 is 1.11 bits per heavy atom. The van der Waals surface area contributed by atoms with Gasteiger partial charge in [-0.2, -0.15) is 23.5 Å². The number of amides is 1. The van der Waals surface area contributed by atoms with Gasteiger partial charge >= 0.3 is 6.18 Å². The lowest BCUT2D eigenvalue weighted by atomic mass is 9.98. The van der Waals surface area contributed by atoms with E-state index in [1.165, 1.54) is 18.5 Å². The van der Waals surface area contributed by atoms with Crippen LogP contribution in [-0.2, 0) is 24.2 Å². The predicted octanol–water partition coefficient (Wildman–Crippen LogP) is 5.30. The van der Waals surface area contributed by atoms with Gasteiger partial charge in [0.05, 0.1) is 23.9 Å². The first-order valence-corrected chi connectivity index (χ1v) is 11.9. The molecule has 0 aliphatic carbocycles. The van der Waals surface area contributed by atoms with E-state index in [2.05, 4.69) is 26.5 Å². The highest BCUT2D eigenvalue weighted by molar-refractivity contribution is 6.30. The van der Waals surface area contributed by atoms with Crippen LogP contribution in [0, 0.1) is 11.3 Å². The Hall–Kier alpha value is -4.43. The van der Waals surface area contributed by atoms with Gasteiger partial charge in [0, 0.05) is 25.0 Å². The summed E-state index contributed by atoms with van der Waals surface area (Å²) in [7, 11) is 0. The highest BCUT2D eigenvalue weighted by Crippen LogP contribution is 2.37. The molecule has 0 unspecified atom stereocenters. The molecule has 1 aliphatic heterocycles. The van der Waals surface area contributed by atoms with Crippen LogP contribution < -0.4 is 10.2 Å². The number of carbonyl (C=O) groups is 1. The first kappa shape index (κ1) is 25.2. The largest absolute Gasteiger partial charge is 0.408 e. The summed E-state index contributed by atoms with van der Waals surface area (Å²) < 4.78 is 39.3. The molecular formula is C26H19ClF3N7O. The Bertz CT molecular complexity index is 1560. The fourth-order valence-electron chi connectivity index (χ4n) is 4.40. The molecule has 1 aliphatic rings. The van der Waals surface area contributed by atoms with Crippen molar-refractivity contribution in [2.45, 2.75) is 25.6 Å². The van der Waals surface area contributed by atoms with Crippen molar-refractivity contribution in [1.82, 2.24) is 19.7 Å². The number of aromatic nitrogens is 4. The Kier molecular flexibility index (Phi) is 6.73. The van der Waals surface area contributed by atoms with Crippen molar-refractivity contribution in [1.29, 1.82) is 5.26 Å². The lowest BCUT2D eigenvalue weighted by molar-refractivity contribution is -0.142.